The summed E-state index contributed by atoms with van der Waals surface area (Å²) >= 11 is 0. The summed E-state index contributed by atoms with van der Waals surface area (Å²) in [6.45, 7) is 1.46. The summed E-state index contributed by atoms with van der Waals surface area (Å²) in [5.41, 5.74) is 0. The Hall–Kier alpha value is -0.730. The van der Waals surface area contributed by atoms with E-state index in [-0.39, 0.29) is 0 Å². The van der Waals surface area contributed by atoms with Crippen molar-refractivity contribution in [1.82, 2.24) is 4.90 Å². The molecule has 0 unspecified atom stereocenters. The molecule has 1 saturated heterocycles. The number of hydrogen-bond acceptors (Lipinski definition) is 1. The minimum Gasteiger partial charge on any atom is -0.465 e. The first-order valence-electron chi connectivity index (χ1n) is 2.28. The summed E-state index contributed by atoms with van der Waals surface area (Å²) in [5, 5.41) is 8.16. The first kappa shape index (κ1) is 4.43. The Morgan fingerprint density at radius 2 is 2.14 bits per heavy atom. The van der Waals surface area contributed by atoms with Crippen molar-refractivity contribution in [2.75, 3.05) is 13.1 Å². The third-order valence-electron chi connectivity index (χ3n) is 1.13. The molecule has 1 N–H and O–H groups in total. The van der Waals surface area contributed by atoms with Gasteiger partial charge in [-0.05, 0) is 6.42 Å². The average Bonchev–Trinajstić information content (AvgIpc) is 1.23. The van der Waals surface area contributed by atoms with Gasteiger partial charge in [0, 0.05) is 13.1 Å². The van der Waals surface area contributed by atoms with Crippen molar-refractivity contribution >= 4 is 6.09 Å². The van der Waals surface area contributed by atoms with Crippen LogP contribution in [0.2, 0.25) is 0 Å². The summed E-state index contributed by atoms with van der Waals surface area (Å²) in [7, 11) is 0. The van der Waals surface area contributed by atoms with Gasteiger partial charge in [-0.2, -0.15) is 0 Å². The van der Waals surface area contributed by atoms with E-state index in [4.69, 9.17) is 5.11 Å². The Kier molecular flexibility index (Phi) is 0.889. The van der Waals surface area contributed by atoms with Crippen LogP contribution in [-0.4, -0.2) is 29.2 Å². The number of amides is 1. The molecule has 0 spiro atoms. The van der Waals surface area contributed by atoms with Crippen LogP contribution in [0, 0.1) is 0 Å². The maximum atomic E-state index is 9.91. The van der Waals surface area contributed by atoms with Gasteiger partial charge >= 0.3 is 6.09 Å². The minimum absolute atomic E-state index is 0.731. The molecule has 0 aromatic heterocycles. The third kappa shape index (κ3) is 0.656. The molecule has 0 aliphatic carbocycles. The summed E-state index contributed by atoms with van der Waals surface area (Å²) in [4.78, 5) is 11.3. The molecule has 1 fully saturated rings. The first-order valence-corrected chi connectivity index (χ1v) is 2.28. The van der Waals surface area contributed by atoms with Crippen molar-refractivity contribution in [3.05, 3.63) is 0 Å². The van der Waals surface area contributed by atoms with Crippen LogP contribution in [0.15, 0.2) is 0 Å². The van der Waals surface area contributed by atoms with Crippen molar-refractivity contribution in [3.63, 3.8) is 0 Å². The van der Waals surface area contributed by atoms with Crippen LogP contribution in [0.25, 0.3) is 0 Å². The van der Waals surface area contributed by atoms with E-state index in [0.29, 0.717) is 0 Å². The monoisotopic (exact) mass is 101 g/mol. The zero-order chi connectivity index (χ0) is 5.28. The lowest BCUT2D eigenvalue weighted by atomic mass is 10.2. The topological polar surface area (TPSA) is 40.5 Å². The molecule has 0 atom stereocenters. The van der Waals surface area contributed by atoms with Crippen molar-refractivity contribution in [3.8, 4) is 0 Å². The lowest BCUT2D eigenvalue weighted by Gasteiger charge is -2.27. The Morgan fingerprint density at radius 1 is 1.57 bits per heavy atom. The largest absolute Gasteiger partial charge is 0.465 e. The predicted molar refractivity (Wildman–Crippen MR) is 24.2 cm³/mol. The van der Waals surface area contributed by atoms with Gasteiger partial charge in [-0.3, -0.25) is 0 Å². The maximum absolute atomic E-state index is 9.91. The second kappa shape index (κ2) is 1.40. The molecule has 0 bridgehead atoms. The van der Waals surface area contributed by atoms with E-state index in [2.05, 4.69) is 0 Å². The quantitative estimate of drug-likeness (QED) is 0.479. The number of carboxylic acid groups (broad SMARTS) is 1. The average molecular weight is 101 g/mol. The predicted octanol–water partition coefficient (Wildman–Crippen LogP) is 0.370. The Balaban J connectivity index is 2.27. The van der Waals surface area contributed by atoms with Gasteiger partial charge in [0.05, 0.1) is 0 Å². The Bertz CT molecular complexity index is 87.7. The number of hydrogen-bond donors (Lipinski definition) is 1. The first-order chi connectivity index (χ1) is 3.30. The van der Waals surface area contributed by atoms with Gasteiger partial charge < -0.3 is 10.0 Å². The van der Waals surface area contributed by atoms with E-state index in [1.165, 1.54) is 4.90 Å². The summed E-state index contributed by atoms with van der Waals surface area (Å²) in [5.74, 6) is 0. The highest BCUT2D eigenvalue weighted by Gasteiger charge is 2.17. The molecule has 0 aromatic rings. The zero-order valence-electron chi connectivity index (χ0n) is 3.92. The van der Waals surface area contributed by atoms with Crippen LogP contribution >= 0.6 is 0 Å². The van der Waals surface area contributed by atoms with E-state index in [1.54, 1.807) is 0 Å². The van der Waals surface area contributed by atoms with Gasteiger partial charge in [0.25, 0.3) is 0 Å². The van der Waals surface area contributed by atoms with Crippen LogP contribution in [-0.2, 0) is 0 Å². The van der Waals surface area contributed by atoms with Crippen molar-refractivity contribution < 1.29 is 9.90 Å². The molecule has 1 aliphatic heterocycles. The molecule has 40 valence electrons. The number of carbonyl (C=O) groups is 1. The van der Waals surface area contributed by atoms with E-state index >= 15 is 0 Å². The van der Waals surface area contributed by atoms with Gasteiger partial charge in [0.2, 0.25) is 0 Å². The molecule has 0 aromatic carbocycles. The fourth-order valence-electron chi connectivity index (χ4n) is 0.508. The second-order valence-electron chi connectivity index (χ2n) is 1.62. The maximum Gasteiger partial charge on any atom is 0.407 e. The van der Waals surface area contributed by atoms with Gasteiger partial charge in [0.15, 0.2) is 0 Å². The molecule has 0 radical (unpaired) electrons. The SMILES string of the molecule is O=C(O)N1CCC1. The standard InChI is InChI=1S/C4H7NO2/c6-4(7)5-2-1-3-5/h1-3H2,(H,6,7). The van der Waals surface area contributed by atoms with Gasteiger partial charge in [-0.25, -0.2) is 4.79 Å². The summed E-state index contributed by atoms with van der Waals surface area (Å²) in [6.07, 6.45) is 0.248. The van der Waals surface area contributed by atoms with Gasteiger partial charge in [-0.15, -0.1) is 0 Å². The third-order valence-corrected chi connectivity index (χ3v) is 1.13. The van der Waals surface area contributed by atoms with Gasteiger partial charge in [-0.1, -0.05) is 0 Å². The van der Waals surface area contributed by atoms with E-state index in [1.807, 2.05) is 0 Å². The molecule has 3 heteroatoms. The van der Waals surface area contributed by atoms with Crippen LogP contribution in [0.1, 0.15) is 6.42 Å². The summed E-state index contributed by atoms with van der Waals surface area (Å²) in [6, 6.07) is 0. The Morgan fingerprint density at radius 3 is 2.14 bits per heavy atom. The van der Waals surface area contributed by atoms with Crippen molar-refractivity contribution in [1.29, 1.82) is 0 Å². The smallest absolute Gasteiger partial charge is 0.407 e. The highest BCUT2D eigenvalue weighted by molar-refractivity contribution is 5.65. The van der Waals surface area contributed by atoms with E-state index in [0.717, 1.165) is 19.5 Å². The minimum atomic E-state index is -0.786. The van der Waals surface area contributed by atoms with Crippen LogP contribution in [0.5, 0.6) is 0 Å². The van der Waals surface area contributed by atoms with E-state index < -0.39 is 6.09 Å². The van der Waals surface area contributed by atoms with Gasteiger partial charge in [0.1, 0.15) is 0 Å². The Labute approximate surface area is 41.5 Å². The highest BCUT2D eigenvalue weighted by atomic mass is 16.4. The molecule has 1 amide bonds. The lowest BCUT2D eigenvalue weighted by molar-refractivity contribution is 0.118. The van der Waals surface area contributed by atoms with Crippen molar-refractivity contribution in [2.24, 2.45) is 0 Å². The number of likely N-dealkylation sites (tertiary alicyclic amines) is 1. The second-order valence-corrected chi connectivity index (χ2v) is 1.62. The highest BCUT2D eigenvalue weighted by Crippen LogP contribution is 2.03. The molecule has 3 nitrogen and oxygen atoms in total. The van der Waals surface area contributed by atoms with Crippen LogP contribution < -0.4 is 0 Å². The zero-order valence-corrected chi connectivity index (χ0v) is 3.92. The lowest BCUT2D eigenvalue weighted by Crippen LogP contribution is -2.40. The fourth-order valence-corrected chi connectivity index (χ4v) is 0.508. The number of rotatable bonds is 0. The van der Waals surface area contributed by atoms with Crippen LogP contribution in [0.3, 0.4) is 0 Å². The normalized spacial score (nSPS) is 18.6. The number of nitrogens with zero attached hydrogens (tertiary/aromatic N) is 1. The molecule has 0 saturated carbocycles. The van der Waals surface area contributed by atoms with Crippen LogP contribution in [0.4, 0.5) is 4.79 Å². The molecular formula is C4H7NO2. The molecule has 7 heavy (non-hydrogen) atoms. The summed E-state index contributed by atoms with van der Waals surface area (Å²) < 4.78 is 0. The molecular weight excluding hydrogens is 94.0 g/mol. The molecule has 1 heterocycles. The molecule has 1 aliphatic rings. The fraction of sp³-hybridized carbons (Fsp3) is 0.750. The molecule has 1 rings (SSSR count). The van der Waals surface area contributed by atoms with Crippen molar-refractivity contribution in [2.45, 2.75) is 6.42 Å². The van der Waals surface area contributed by atoms with E-state index in [9.17, 15) is 4.79 Å².